The molecule has 0 amide bonds. The molecule has 1 aliphatic rings. The Bertz CT molecular complexity index is 1780. The molecule has 5 rings (SSSR count). The van der Waals surface area contributed by atoms with Gasteiger partial charge >= 0.3 is 5.97 Å². The number of fused-ring (bicyclic) bond motifs is 1. The summed E-state index contributed by atoms with van der Waals surface area (Å²) in [6.45, 7) is 9.22. The summed E-state index contributed by atoms with van der Waals surface area (Å²) < 4.78 is 13.6. The molecule has 0 aliphatic carbocycles. The van der Waals surface area contributed by atoms with Gasteiger partial charge in [-0.3, -0.25) is 9.36 Å². The van der Waals surface area contributed by atoms with Crippen molar-refractivity contribution in [1.29, 1.82) is 0 Å². The van der Waals surface area contributed by atoms with E-state index < -0.39 is 12.0 Å². The molecule has 4 heterocycles. The third-order valence-electron chi connectivity index (χ3n) is 6.05. The Hall–Kier alpha value is -3.41. The SMILES string of the molecule is CSc1ccc([C@@H]2C(C(=O)OC(C)C)=C(C)N=c3s/c(=C\c4ccc(Sc5nc(C)cc(C)n5)o4)c(=O)n32)cc1. The zero-order chi connectivity index (χ0) is 28.6. The van der Waals surface area contributed by atoms with Gasteiger partial charge in [-0.1, -0.05) is 23.5 Å². The lowest BCUT2D eigenvalue weighted by Crippen LogP contribution is -2.40. The Morgan fingerprint density at radius 1 is 1.10 bits per heavy atom. The molecule has 0 unspecified atom stereocenters. The van der Waals surface area contributed by atoms with Crippen molar-refractivity contribution in [3.05, 3.63) is 96.1 Å². The van der Waals surface area contributed by atoms with Crippen LogP contribution in [0.2, 0.25) is 0 Å². The van der Waals surface area contributed by atoms with Crippen LogP contribution in [0.5, 0.6) is 0 Å². The summed E-state index contributed by atoms with van der Waals surface area (Å²) in [6.07, 6.45) is 3.40. The average molecular weight is 593 g/mol. The number of thiazole rings is 1. The number of carbonyl (C=O) groups is 1. The van der Waals surface area contributed by atoms with Crippen molar-refractivity contribution in [2.45, 2.75) is 61.9 Å². The third kappa shape index (κ3) is 5.86. The summed E-state index contributed by atoms with van der Waals surface area (Å²) >= 11 is 4.20. The van der Waals surface area contributed by atoms with Gasteiger partial charge in [0, 0.05) is 22.4 Å². The van der Waals surface area contributed by atoms with Crippen LogP contribution in [-0.4, -0.2) is 32.9 Å². The van der Waals surface area contributed by atoms with Crippen molar-refractivity contribution >= 4 is 46.9 Å². The van der Waals surface area contributed by atoms with Crippen LogP contribution in [0.4, 0.5) is 0 Å². The molecule has 0 spiro atoms. The van der Waals surface area contributed by atoms with E-state index in [0.717, 1.165) is 21.8 Å². The van der Waals surface area contributed by atoms with Crippen molar-refractivity contribution in [2.75, 3.05) is 6.26 Å². The Labute approximate surface area is 243 Å². The number of rotatable bonds is 7. The van der Waals surface area contributed by atoms with Crippen LogP contribution in [0.3, 0.4) is 0 Å². The van der Waals surface area contributed by atoms with E-state index in [1.807, 2.05) is 56.5 Å². The minimum atomic E-state index is -0.662. The standard InChI is InChI=1S/C29H28N4O4S3/c1-15(2)36-27(35)24-18(5)32-29-33(25(24)19-7-10-21(38-6)11-8-19)26(34)22(39-29)14-20-9-12-23(37-20)40-28-30-16(3)13-17(4)31-28/h7-15,25H,1-6H3/b22-14-/t25-/m1/s1. The molecule has 40 heavy (non-hydrogen) atoms. The van der Waals surface area contributed by atoms with Gasteiger partial charge in [-0.15, -0.1) is 11.8 Å². The monoisotopic (exact) mass is 592 g/mol. The third-order valence-corrected chi connectivity index (χ3v) is 8.56. The number of hydrogen-bond acceptors (Lipinski definition) is 10. The predicted octanol–water partition coefficient (Wildman–Crippen LogP) is 5.06. The van der Waals surface area contributed by atoms with Crippen molar-refractivity contribution in [1.82, 2.24) is 14.5 Å². The maximum Gasteiger partial charge on any atom is 0.338 e. The number of benzene rings is 1. The molecule has 0 fully saturated rings. The molecule has 206 valence electrons. The molecule has 11 heteroatoms. The maximum atomic E-state index is 13.8. The first-order valence-corrected chi connectivity index (χ1v) is 15.5. The topological polar surface area (TPSA) is 99.6 Å². The van der Waals surface area contributed by atoms with Gasteiger partial charge in [0.2, 0.25) is 0 Å². The number of aryl methyl sites for hydroxylation is 2. The van der Waals surface area contributed by atoms with Crippen LogP contribution in [-0.2, 0) is 9.53 Å². The van der Waals surface area contributed by atoms with E-state index in [1.54, 1.807) is 49.2 Å². The number of hydrogen-bond donors (Lipinski definition) is 0. The molecule has 1 aromatic carbocycles. The largest absolute Gasteiger partial charge is 0.459 e. The van der Waals surface area contributed by atoms with Crippen LogP contribution in [0, 0.1) is 13.8 Å². The Balaban J connectivity index is 1.56. The lowest BCUT2D eigenvalue weighted by atomic mass is 9.96. The van der Waals surface area contributed by atoms with E-state index >= 15 is 0 Å². The van der Waals surface area contributed by atoms with Crippen LogP contribution < -0.4 is 14.9 Å². The molecule has 0 radical (unpaired) electrons. The normalized spacial score (nSPS) is 15.4. The van der Waals surface area contributed by atoms with E-state index in [1.165, 1.54) is 23.1 Å². The van der Waals surface area contributed by atoms with Crippen molar-refractivity contribution in [3.63, 3.8) is 0 Å². The van der Waals surface area contributed by atoms with Crippen LogP contribution >= 0.6 is 34.9 Å². The lowest BCUT2D eigenvalue weighted by Gasteiger charge is -2.25. The summed E-state index contributed by atoms with van der Waals surface area (Å²) in [4.78, 5) is 42.2. The number of nitrogens with zero attached hydrogens (tertiary/aromatic N) is 4. The summed E-state index contributed by atoms with van der Waals surface area (Å²) in [5, 5.41) is 1.21. The number of esters is 1. The Morgan fingerprint density at radius 2 is 1.80 bits per heavy atom. The smallest absolute Gasteiger partial charge is 0.338 e. The Morgan fingerprint density at radius 3 is 2.45 bits per heavy atom. The summed E-state index contributed by atoms with van der Waals surface area (Å²) in [5.41, 5.74) is 3.20. The Kier molecular flexibility index (Phi) is 8.16. The summed E-state index contributed by atoms with van der Waals surface area (Å²) in [5.74, 6) is 0.0407. The highest BCUT2D eigenvalue weighted by Crippen LogP contribution is 2.32. The number of ether oxygens (including phenoxy) is 1. The van der Waals surface area contributed by atoms with Crippen molar-refractivity contribution in [2.24, 2.45) is 4.99 Å². The van der Waals surface area contributed by atoms with E-state index in [2.05, 4.69) is 15.0 Å². The van der Waals surface area contributed by atoms with Gasteiger partial charge < -0.3 is 9.15 Å². The number of furan rings is 1. The quantitative estimate of drug-likeness (QED) is 0.167. The fourth-order valence-corrected chi connectivity index (χ4v) is 6.66. The second-order valence-electron chi connectivity index (χ2n) is 9.50. The van der Waals surface area contributed by atoms with Crippen LogP contribution in [0.1, 0.15) is 49.5 Å². The minimum Gasteiger partial charge on any atom is -0.459 e. The van der Waals surface area contributed by atoms with Crippen LogP contribution in [0.25, 0.3) is 6.08 Å². The fourth-order valence-electron chi connectivity index (χ4n) is 4.39. The van der Waals surface area contributed by atoms with Gasteiger partial charge in [0.15, 0.2) is 15.1 Å². The van der Waals surface area contributed by atoms with E-state index in [4.69, 9.17) is 9.15 Å². The number of allylic oxidation sites excluding steroid dienone is 1. The molecule has 1 aliphatic heterocycles. The highest BCUT2D eigenvalue weighted by atomic mass is 32.2. The van der Waals surface area contributed by atoms with Gasteiger partial charge in [-0.2, -0.15) is 0 Å². The van der Waals surface area contributed by atoms with E-state index in [0.29, 0.717) is 36.6 Å². The molecular weight excluding hydrogens is 565 g/mol. The number of carbonyl (C=O) groups excluding carboxylic acids is 1. The zero-order valence-electron chi connectivity index (χ0n) is 22.9. The molecule has 8 nitrogen and oxygen atoms in total. The first-order valence-electron chi connectivity index (χ1n) is 12.6. The lowest BCUT2D eigenvalue weighted by molar-refractivity contribution is -0.143. The first-order chi connectivity index (χ1) is 19.1. The molecule has 0 N–H and O–H groups in total. The van der Waals surface area contributed by atoms with Gasteiger partial charge in [-0.25, -0.2) is 19.8 Å². The van der Waals surface area contributed by atoms with Gasteiger partial charge in [0.05, 0.1) is 27.9 Å². The molecular formula is C29H28N4O4S3. The number of thioether (sulfide) groups is 1. The fraction of sp³-hybridized carbons (Fsp3) is 0.276. The minimum absolute atomic E-state index is 0.256. The van der Waals surface area contributed by atoms with Gasteiger partial charge in [-0.05, 0) is 88.5 Å². The highest BCUT2D eigenvalue weighted by molar-refractivity contribution is 7.99. The molecule has 4 aromatic rings. The van der Waals surface area contributed by atoms with Gasteiger partial charge in [0.25, 0.3) is 5.56 Å². The maximum absolute atomic E-state index is 13.8. The predicted molar refractivity (Wildman–Crippen MR) is 158 cm³/mol. The van der Waals surface area contributed by atoms with Gasteiger partial charge in [0.1, 0.15) is 5.76 Å². The second-order valence-corrected chi connectivity index (χ2v) is 12.4. The van der Waals surface area contributed by atoms with Crippen LogP contribution in [0.15, 0.2) is 83.1 Å². The zero-order valence-corrected chi connectivity index (χ0v) is 25.4. The number of aromatic nitrogens is 3. The summed E-state index contributed by atoms with van der Waals surface area (Å²) in [6, 6.07) is 12.7. The highest BCUT2D eigenvalue weighted by Gasteiger charge is 2.33. The molecule has 0 saturated carbocycles. The first kappa shape index (κ1) is 28.1. The molecule has 3 aromatic heterocycles. The van der Waals surface area contributed by atoms with E-state index in [9.17, 15) is 9.59 Å². The molecule has 1 atom stereocenters. The van der Waals surface area contributed by atoms with Crippen molar-refractivity contribution in [3.8, 4) is 0 Å². The summed E-state index contributed by atoms with van der Waals surface area (Å²) in [7, 11) is 0. The average Bonchev–Trinajstić information content (AvgIpc) is 3.45. The molecule has 0 bridgehead atoms. The molecule has 0 saturated heterocycles. The van der Waals surface area contributed by atoms with Crippen molar-refractivity contribution < 1.29 is 13.9 Å². The van der Waals surface area contributed by atoms with E-state index in [-0.39, 0.29) is 11.7 Å². The second kappa shape index (κ2) is 11.6.